The van der Waals surface area contributed by atoms with Crippen LogP contribution in [0.2, 0.25) is 0 Å². The van der Waals surface area contributed by atoms with Crippen molar-refractivity contribution in [2.24, 2.45) is 28.9 Å². The number of ketones is 1. The first-order chi connectivity index (χ1) is 44.6. The van der Waals surface area contributed by atoms with E-state index >= 15 is 0 Å². The smallest absolute Gasteiger partial charge is 0.410 e. The SMILES string of the molecule is CCC[C@@H]([C@@H](CC(=O)N1CCC[C@H]1[C@H](OC)[C@@H](C)C(=O)NCC(=O)c1ccc(OC)cc1F)OC)N(C)C(=O)CNC(=O)C(C(C)C)N(C)C(=O)OCc1ccc(NC(=O)CNC(=O)C(NC(=O)CCCCCN2C(=O)CC(SCC3(CC(N)=O)CC3)C2=O)C(C)C)cc1. The number of hydrogen-bond donors (Lipinski definition) is 6. The van der Waals surface area contributed by atoms with E-state index in [-0.39, 0.29) is 91.0 Å². The maximum atomic E-state index is 14.6. The Morgan fingerprint density at radius 3 is 2.10 bits per heavy atom. The number of nitrogens with zero attached hydrogens (tertiary/aromatic N) is 4. The second kappa shape index (κ2) is 36.8. The Morgan fingerprint density at radius 1 is 0.809 bits per heavy atom. The summed E-state index contributed by atoms with van der Waals surface area (Å²) in [5.41, 5.74) is 5.95. The Bertz CT molecular complexity index is 3000. The molecule has 11 amide bonds. The monoisotopic (exact) mass is 1340 g/mol. The molecular weight excluding hydrogens is 1240 g/mol. The van der Waals surface area contributed by atoms with Gasteiger partial charge in [-0.05, 0) is 92.0 Å². The zero-order valence-corrected chi connectivity index (χ0v) is 57.0. The zero-order valence-electron chi connectivity index (χ0n) is 56.1. The zero-order chi connectivity index (χ0) is 69.6. The third-order valence-corrected chi connectivity index (χ3v) is 19.1. The molecule has 2 heterocycles. The number of nitrogens with two attached hydrogens (primary N) is 1. The third kappa shape index (κ3) is 22.2. The summed E-state index contributed by atoms with van der Waals surface area (Å²) in [5, 5.41) is 12.8. The number of Topliss-reactive ketones (excluding diaryl/α,β-unsaturated/α-hetero) is 1. The van der Waals surface area contributed by atoms with E-state index in [1.165, 1.54) is 62.1 Å². The summed E-state index contributed by atoms with van der Waals surface area (Å²) < 4.78 is 36.9. The molecule has 8 atom stereocenters. The van der Waals surface area contributed by atoms with Crippen molar-refractivity contribution in [1.82, 2.24) is 40.9 Å². The summed E-state index contributed by atoms with van der Waals surface area (Å²) in [5.74, 6) is -6.31. The average molecular weight is 1340 g/mol. The Hall–Kier alpha value is -7.72. The molecule has 26 nitrogen and oxygen atoms in total. The minimum Gasteiger partial charge on any atom is -0.497 e. The van der Waals surface area contributed by atoms with Crippen LogP contribution in [-0.2, 0) is 68.8 Å². The van der Waals surface area contributed by atoms with Gasteiger partial charge in [-0.15, -0.1) is 11.8 Å². The van der Waals surface area contributed by atoms with Crippen molar-refractivity contribution in [2.75, 3.05) is 79.2 Å². The maximum Gasteiger partial charge on any atom is 0.410 e. The molecule has 2 aromatic carbocycles. The molecule has 1 aliphatic carbocycles. The number of amides is 11. The molecule has 28 heteroatoms. The standard InChI is InChI=1S/C66H97FN10O16S/c1-12-17-47(50(91-10)31-55(82)76-29-16-18-48(76)60(92-11)41(6)61(85)69-34-49(78)45-25-24-44(90-9)30-46(45)67)74(7)57(84)36-71-63(87)59(40(4)5)75(8)65(89)93-37-42-20-22-43(23-21-42)72-54(81)35-70-62(86)58(39(2)3)73-53(80)19-14-13-15-28-77-56(83)32-51(64(77)88)94-38-66(26-27-66)33-52(68)79/h20-25,30,39-41,47-48,50-51,58-60H,12-19,26-29,31-38H2,1-11H3,(H2,68,79)(H,69,85)(H,70,86)(H,71,87)(H,72,81)(H,73,80)/t41-,47+,48+,50-,51?,58?,59?,60-/m1/s1. The highest BCUT2D eigenvalue weighted by molar-refractivity contribution is 8.00. The Kier molecular flexibility index (Phi) is 30.1. The summed E-state index contributed by atoms with van der Waals surface area (Å²) in [4.78, 5) is 163. The van der Waals surface area contributed by atoms with Crippen molar-refractivity contribution < 1.29 is 80.9 Å². The van der Waals surface area contributed by atoms with Gasteiger partial charge in [-0.1, -0.05) is 66.5 Å². The first kappa shape index (κ1) is 77.0. The highest BCUT2D eigenvalue weighted by Crippen LogP contribution is 2.52. The molecule has 1 saturated carbocycles. The number of halogens is 1. The molecule has 3 aliphatic rings. The topological polar surface area (TPSA) is 341 Å². The van der Waals surface area contributed by atoms with Crippen LogP contribution in [0.25, 0.3) is 0 Å². The van der Waals surface area contributed by atoms with Crippen LogP contribution in [0, 0.1) is 29.0 Å². The van der Waals surface area contributed by atoms with Crippen molar-refractivity contribution >= 4 is 88.4 Å². The third-order valence-electron chi connectivity index (χ3n) is 17.6. The number of methoxy groups -OCH3 is 3. The molecule has 7 N–H and O–H groups in total. The number of likely N-dealkylation sites (N-methyl/N-ethyl adjacent to an activating group) is 2. The number of likely N-dealkylation sites (tertiary alicyclic amines) is 2. The van der Waals surface area contributed by atoms with Crippen LogP contribution >= 0.6 is 11.8 Å². The highest BCUT2D eigenvalue weighted by Gasteiger charge is 2.47. The molecule has 2 saturated heterocycles. The largest absolute Gasteiger partial charge is 0.497 e. The molecule has 94 heavy (non-hydrogen) atoms. The second-order valence-corrected chi connectivity index (χ2v) is 26.5. The summed E-state index contributed by atoms with van der Waals surface area (Å²) in [6, 6.07) is 7.12. The van der Waals surface area contributed by atoms with Crippen molar-refractivity contribution in [3.8, 4) is 5.75 Å². The maximum absolute atomic E-state index is 14.6. The molecule has 3 unspecified atom stereocenters. The molecule has 0 aromatic heterocycles. The van der Waals surface area contributed by atoms with Crippen molar-refractivity contribution in [3.05, 3.63) is 59.4 Å². The van der Waals surface area contributed by atoms with Gasteiger partial charge in [0.05, 0.1) is 74.2 Å². The van der Waals surface area contributed by atoms with Crippen molar-refractivity contribution in [2.45, 2.75) is 173 Å². The number of primary amides is 1. The first-order valence-corrected chi connectivity index (χ1v) is 33.3. The number of rotatable bonds is 39. The number of anilines is 1. The second-order valence-electron chi connectivity index (χ2n) is 25.3. The number of benzene rings is 2. The minimum absolute atomic E-state index is 0.109. The van der Waals surface area contributed by atoms with Gasteiger partial charge in [0.15, 0.2) is 5.78 Å². The number of carbonyl (C=O) groups excluding carboxylic acids is 12. The van der Waals surface area contributed by atoms with E-state index in [9.17, 15) is 61.9 Å². The van der Waals surface area contributed by atoms with Crippen LogP contribution in [0.4, 0.5) is 14.9 Å². The number of imide groups is 1. The molecule has 520 valence electrons. The van der Waals surface area contributed by atoms with Gasteiger partial charge in [-0.3, -0.25) is 62.5 Å². The minimum atomic E-state index is -1.05. The van der Waals surface area contributed by atoms with Gasteiger partial charge < -0.3 is 61.1 Å². The Labute approximate surface area is 554 Å². The molecule has 3 fully saturated rings. The molecule has 0 spiro atoms. The van der Waals surface area contributed by atoms with Gasteiger partial charge in [0.25, 0.3) is 0 Å². The molecule has 2 aromatic rings. The number of ether oxygens (including phenoxy) is 4. The lowest BCUT2D eigenvalue weighted by molar-refractivity contribution is -0.144. The molecule has 0 bridgehead atoms. The molecule has 2 aliphatic heterocycles. The van der Waals surface area contributed by atoms with E-state index in [1.54, 1.807) is 70.8 Å². The Morgan fingerprint density at radius 2 is 1.49 bits per heavy atom. The lowest BCUT2D eigenvalue weighted by Crippen LogP contribution is -2.54. The average Bonchev–Trinajstić information content (AvgIpc) is 1.63. The van der Waals surface area contributed by atoms with Crippen LogP contribution in [0.5, 0.6) is 5.75 Å². The van der Waals surface area contributed by atoms with Gasteiger partial charge in [0.2, 0.25) is 59.1 Å². The fourth-order valence-corrected chi connectivity index (χ4v) is 13.4. The van der Waals surface area contributed by atoms with Gasteiger partial charge >= 0.3 is 6.09 Å². The normalized spacial score (nSPS) is 17.7. The van der Waals surface area contributed by atoms with Gasteiger partial charge in [0, 0.05) is 78.2 Å². The fraction of sp³-hybridized carbons (Fsp3) is 0.636. The fourth-order valence-electron chi connectivity index (χ4n) is 11.9. The van der Waals surface area contributed by atoms with E-state index in [2.05, 4.69) is 26.6 Å². The number of unbranched alkanes of at least 4 members (excludes halogenated alkanes) is 2. The van der Waals surface area contributed by atoms with E-state index in [0.29, 0.717) is 68.5 Å². The highest BCUT2D eigenvalue weighted by atomic mass is 32.2. The quantitative estimate of drug-likeness (QED) is 0.0305. The van der Waals surface area contributed by atoms with Crippen LogP contribution in [0.3, 0.4) is 0 Å². The van der Waals surface area contributed by atoms with Gasteiger partial charge in [0.1, 0.15) is 30.3 Å². The number of nitrogens with one attached hydrogen (secondary N) is 5. The Balaban J connectivity index is 1.02. The van der Waals surface area contributed by atoms with E-state index in [4.69, 9.17) is 24.7 Å². The van der Waals surface area contributed by atoms with Crippen LogP contribution in [0.1, 0.15) is 141 Å². The van der Waals surface area contributed by atoms with Crippen molar-refractivity contribution in [3.63, 3.8) is 0 Å². The molecule has 0 radical (unpaired) electrons. The summed E-state index contributed by atoms with van der Waals surface area (Å²) in [7, 11) is 7.23. The number of thioether (sulfide) groups is 1. The van der Waals surface area contributed by atoms with E-state index in [0.717, 1.165) is 23.8 Å². The van der Waals surface area contributed by atoms with Gasteiger partial charge in [-0.25, -0.2) is 9.18 Å². The number of carbonyl (C=O) groups is 12. The predicted molar refractivity (Wildman–Crippen MR) is 348 cm³/mol. The van der Waals surface area contributed by atoms with E-state index in [1.807, 2.05) is 6.92 Å². The van der Waals surface area contributed by atoms with Crippen LogP contribution in [-0.4, -0.2) is 206 Å². The van der Waals surface area contributed by atoms with E-state index < -0.39 is 120 Å². The summed E-state index contributed by atoms with van der Waals surface area (Å²) in [6.07, 6.45) is 3.54. The van der Waals surface area contributed by atoms with Gasteiger partial charge in [-0.2, -0.15) is 0 Å². The van der Waals surface area contributed by atoms with Crippen LogP contribution < -0.4 is 37.1 Å². The number of hydrogen-bond acceptors (Lipinski definition) is 17. The van der Waals surface area contributed by atoms with Crippen LogP contribution in [0.15, 0.2) is 42.5 Å². The van der Waals surface area contributed by atoms with Crippen molar-refractivity contribution in [1.29, 1.82) is 0 Å². The molecule has 5 rings (SSSR count). The summed E-state index contributed by atoms with van der Waals surface area (Å²) >= 11 is 1.41. The lowest BCUT2D eigenvalue weighted by Gasteiger charge is -2.37. The summed E-state index contributed by atoms with van der Waals surface area (Å²) in [6.45, 7) is 9.68. The predicted octanol–water partition coefficient (Wildman–Crippen LogP) is 4.49. The lowest BCUT2D eigenvalue weighted by atomic mass is 9.94. The molecular formula is C66H97FN10O16S. The first-order valence-electron chi connectivity index (χ1n) is 32.2.